The third-order valence-corrected chi connectivity index (χ3v) is 4.71. The van der Waals surface area contributed by atoms with E-state index >= 15 is 0 Å². The van der Waals surface area contributed by atoms with E-state index in [0.717, 1.165) is 23.7 Å². The number of carbonyl (C=O) groups is 1. The van der Waals surface area contributed by atoms with Crippen LogP contribution in [0.3, 0.4) is 0 Å². The van der Waals surface area contributed by atoms with E-state index in [2.05, 4.69) is 35.0 Å². The monoisotopic (exact) mass is 324 g/mol. The molecule has 1 aromatic carbocycles. The van der Waals surface area contributed by atoms with Crippen LogP contribution in [0.15, 0.2) is 22.7 Å². The Hall–Kier alpha value is -0.870. The fourth-order valence-corrected chi connectivity index (χ4v) is 3.06. The van der Waals surface area contributed by atoms with Crippen LogP contribution in [0.25, 0.3) is 0 Å². The molecule has 1 amide bonds. The summed E-state index contributed by atoms with van der Waals surface area (Å²) in [5.74, 6) is 0.195. The number of amides is 1. The highest BCUT2D eigenvalue weighted by molar-refractivity contribution is 9.10. The van der Waals surface area contributed by atoms with Gasteiger partial charge in [-0.05, 0) is 43.0 Å². The number of nitrogens with two attached hydrogens (primary N) is 1. The molecule has 0 aliphatic heterocycles. The zero-order valence-electron chi connectivity index (χ0n) is 11.6. The molecule has 3 nitrogen and oxygen atoms in total. The zero-order chi connectivity index (χ0) is 14.0. The minimum atomic E-state index is -0.283. The molecule has 0 spiro atoms. The van der Waals surface area contributed by atoms with Gasteiger partial charge in [0.2, 0.25) is 5.91 Å². The van der Waals surface area contributed by atoms with Gasteiger partial charge in [-0.2, -0.15) is 0 Å². The standard InChI is InChI=1S/C15H21BrN2O/c1-11-4-5-13(16)8-12(11)9-18(2)14(19)15(10-17)6-3-7-15/h4-5,8H,3,6-7,9-10,17H2,1-2H3. The first-order valence-corrected chi connectivity index (χ1v) is 7.48. The van der Waals surface area contributed by atoms with Crippen LogP contribution in [0.4, 0.5) is 0 Å². The van der Waals surface area contributed by atoms with Gasteiger partial charge in [0.25, 0.3) is 0 Å². The SMILES string of the molecule is Cc1ccc(Br)cc1CN(C)C(=O)C1(CN)CCC1. The smallest absolute Gasteiger partial charge is 0.230 e. The van der Waals surface area contributed by atoms with Crippen molar-refractivity contribution in [3.05, 3.63) is 33.8 Å². The number of benzene rings is 1. The lowest BCUT2D eigenvalue weighted by molar-refractivity contribution is -0.145. The Labute approximate surface area is 123 Å². The van der Waals surface area contributed by atoms with Gasteiger partial charge in [-0.25, -0.2) is 0 Å². The summed E-state index contributed by atoms with van der Waals surface area (Å²) < 4.78 is 1.05. The Balaban J connectivity index is 2.10. The fraction of sp³-hybridized carbons (Fsp3) is 0.533. The van der Waals surface area contributed by atoms with Gasteiger partial charge in [-0.3, -0.25) is 4.79 Å². The second-order valence-electron chi connectivity index (χ2n) is 5.57. The maximum Gasteiger partial charge on any atom is 0.230 e. The average Bonchev–Trinajstić information content (AvgIpc) is 2.33. The molecule has 0 radical (unpaired) electrons. The summed E-state index contributed by atoms with van der Waals surface area (Å²) in [6, 6.07) is 6.17. The van der Waals surface area contributed by atoms with Gasteiger partial charge >= 0.3 is 0 Å². The number of aryl methyl sites for hydroxylation is 1. The van der Waals surface area contributed by atoms with E-state index < -0.39 is 0 Å². The minimum Gasteiger partial charge on any atom is -0.341 e. The van der Waals surface area contributed by atoms with E-state index in [1.54, 1.807) is 0 Å². The summed E-state index contributed by atoms with van der Waals surface area (Å²) in [7, 11) is 1.87. The van der Waals surface area contributed by atoms with E-state index in [0.29, 0.717) is 13.1 Å². The lowest BCUT2D eigenvalue weighted by Gasteiger charge is -2.41. The molecule has 0 aromatic heterocycles. The topological polar surface area (TPSA) is 46.3 Å². The summed E-state index contributed by atoms with van der Waals surface area (Å²) >= 11 is 3.48. The number of carbonyl (C=O) groups excluding carboxylic acids is 1. The Morgan fingerprint density at radius 2 is 2.16 bits per heavy atom. The summed E-state index contributed by atoms with van der Waals surface area (Å²) in [4.78, 5) is 14.3. The van der Waals surface area contributed by atoms with Gasteiger partial charge in [0.1, 0.15) is 0 Å². The second kappa shape index (κ2) is 5.63. The Morgan fingerprint density at radius 3 is 2.68 bits per heavy atom. The largest absolute Gasteiger partial charge is 0.341 e. The molecule has 0 unspecified atom stereocenters. The normalized spacial score (nSPS) is 16.8. The Morgan fingerprint density at radius 1 is 1.47 bits per heavy atom. The van der Waals surface area contributed by atoms with Crippen molar-refractivity contribution in [2.45, 2.75) is 32.7 Å². The fourth-order valence-electron chi connectivity index (χ4n) is 2.65. The number of hydrogen-bond acceptors (Lipinski definition) is 2. The molecule has 1 fully saturated rings. The molecule has 2 rings (SSSR count). The number of nitrogens with zero attached hydrogens (tertiary/aromatic N) is 1. The van der Waals surface area contributed by atoms with E-state index in [1.807, 2.05) is 18.0 Å². The van der Waals surface area contributed by atoms with Gasteiger partial charge in [0, 0.05) is 24.6 Å². The predicted octanol–water partition coefficient (Wildman–Crippen LogP) is 2.84. The molecule has 1 aliphatic rings. The molecule has 0 bridgehead atoms. The van der Waals surface area contributed by atoms with Crippen LogP contribution in [0.5, 0.6) is 0 Å². The molecule has 4 heteroatoms. The first kappa shape index (κ1) is 14.5. The van der Waals surface area contributed by atoms with Gasteiger partial charge in [-0.15, -0.1) is 0 Å². The van der Waals surface area contributed by atoms with Crippen LogP contribution in [-0.2, 0) is 11.3 Å². The molecular weight excluding hydrogens is 304 g/mol. The number of hydrogen-bond donors (Lipinski definition) is 1. The molecule has 1 aliphatic carbocycles. The maximum atomic E-state index is 12.5. The zero-order valence-corrected chi connectivity index (χ0v) is 13.2. The Kier molecular flexibility index (Phi) is 4.31. The van der Waals surface area contributed by atoms with Crippen LogP contribution in [0, 0.1) is 12.3 Å². The third kappa shape index (κ3) is 2.84. The first-order chi connectivity index (χ1) is 8.98. The van der Waals surface area contributed by atoms with Crippen molar-refractivity contribution in [3.8, 4) is 0 Å². The van der Waals surface area contributed by atoms with Crippen LogP contribution in [0.1, 0.15) is 30.4 Å². The quantitative estimate of drug-likeness (QED) is 0.925. The molecule has 104 valence electrons. The van der Waals surface area contributed by atoms with Crippen LogP contribution < -0.4 is 5.73 Å². The average molecular weight is 325 g/mol. The summed E-state index contributed by atoms with van der Waals surface area (Å²) in [5, 5.41) is 0. The summed E-state index contributed by atoms with van der Waals surface area (Å²) in [6.07, 6.45) is 2.99. The van der Waals surface area contributed by atoms with Crippen LogP contribution >= 0.6 is 15.9 Å². The molecule has 1 saturated carbocycles. The molecule has 2 N–H and O–H groups in total. The lowest BCUT2D eigenvalue weighted by atomic mass is 9.68. The van der Waals surface area contributed by atoms with E-state index in [-0.39, 0.29) is 11.3 Å². The predicted molar refractivity (Wildman–Crippen MR) is 80.7 cm³/mol. The highest BCUT2D eigenvalue weighted by atomic mass is 79.9. The van der Waals surface area contributed by atoms with Crippen molar-refractivity contribution in [1.82, 2.24) is 4.90 Å². The van der Waals surface area contributed by atoms with Gasteiger partial charge in [0.15, 0.2) is 0 Å². The first-order valence-electron chi connectivity index (χ1n) is 6.69. The molecule has 0 atom stereocenters. The molecule has 19 heavy (non-hydrogen) atoms. The highest BCUT2D eigenvalue weighted by Crippen LogP contribution is 2.41. The van der Waals surface area contributed by atoms with E-state index in [9.17, 15) is 4.79 Å². The maximum absolute atomic E-state index is 12.5. The second-order valence-corrected chi connectivity index (χ2v) is 6.49. The van der Waals surface area contributed by atoms with Crippen LogP contribution in [-0.4, -0.2) is 24.4 Å². The van der Waals surface area contributed by atoms with Crippen molar-refractivity contribution in [2.24, 2.45) is 11.1 Å². The summed E-state index contributed by atoms with van der Waals surface area (Å²) in [6.45, 7) is 3.18. The molecular formula is C15H21BrN2O. The Bertz CT molecular complexity index is 478. The van der Waals surface area contributed by atoms with Crippen molar-refractivity contribution < 1.29 is 4.79 Å². The summed E-state index contributed by atoms with van der Waals surface area (Å²) in [5.41, 5.74) is 7.90. The number of halogens is 1. The van der Waals surface area contributed by atoms with E-state index in [1.165, 1.54) is 11.1 Å². The highest BCUT2D eigenvalue weighted by Gasteiger charge is 2.44. The third-order valence-electron chi connectivity index (χ3n) is 4.22. The molecule has 0 heterocycles. The lowest BCUT2D eigenvalue weighted by Crippen LogP contribution is -2.50. The van der Waals surface area contributed by atoms with Crippen molar-refractivity contribution in [1.29, 1.82) is 0 Å². The number of rotatable bonds is 4. The van der Waals surface area contributed by atoms with Gasteiger partial charge in [-0.1, -0.05) is 28.4 Å². The van der Waals surface area contributed by atoms with Crippen molar-refractivity contribution >= 4 is 21.8 Å². The van der Waals surface area contributed by atoms with Crippen molar-refractivity contribution in [3.63, 3.8) is 0 Å². The van der Waals surface area contributed by atoms with Crippen molar-refractivity contribution in [2.75, 3.05) is 13.6 Å². The van der Waals surface area contributed by atoms with Gasteiger partial charge < -0.3 is 10.6 Å². The van der Waals surface area contributed by atoms with Crippen LogP contribution in [0.2, 0.25) is 0 Å². The minimum absolute atomic E-state index is 0.195. The van der Waals surface area contributed by atoms with Gasteiger partial charge in [0.05, 0.1) is 5.41 Å². The van der Waals surface area contributed by atoms with E-state index in [4.69, 9.17) is 5.73 Å². The molecule has 1 aromatic rings. The molecule has 0 saturated heterocycles.